The number of hydrogen-bond donors (Lipinski definition) is 2. The van der Waals surface area contributed by atoms with Crippen LogP contribution in [0.1, 0.15) is 42.5 Å². The maximum Gasteiger partial charge on any atom is 0.340 e. The molecule has 1 aliphatic rings. The minimum atomic E-state index is -0.782. The van der Waals surface area contributed by atoms with Crippen molar-refractivity contribution in [1.29, 1.82) is 0 Å². The van der Waals surface area contributed by atoms with Gasteiger partial charge in [0.2, 0.25) is 0 Å². The summed E-state index contributed by atoms with van der Waals surface area (Å²) in [5.74, 6) is -0.659. The summed E-state index contributed by atoms with van der Waals surface area (Å²) in [7, 11) is 0. The summed E-state index contributed by atoms with van der Waals surface area (Å²) in [4.78, 5) is 33.7. The number of rotatable bonds is 6. The van der Waals surface area contributed by atoms with Crippen molar-refractivity contribution in [2.75, 3.05) is 18.9 Å². The van der Waals surface area contributed by atoms with Crippen LogP contribution in [0.5, 0.6) is 0 Å². The third-order valence-corrected chi connectivity index (χ3v) is 4.11. The number of amides is 1. The Labute approximate surface area is 139 Å². The van der Waals surface area contributed by atoms with Crippen molar-refractivity contribution in [1.82, 2.24) is 5.32 Å². The van der Waals surface area contributed by atoms with Gasteiger partial charge in [-0.2, -0.15) is 0 Å². The molecule has 0 spiro atoms. The SMILES string of the molecule is Nc1cc([N+](=O)[O-])ccc1C(=O)OCC(=O)NCC1CCCCC1. The topological polar surface area (TPSA) is 125 Å². The fourth-order valence-electron chi connectivity index (χ4n) is 2.76. The van der Waals surface area contributed by atoms with Gasteiger partial charge in [-0.3, -0.25) is 14.9 Å². The Kier molecular flexibility index (Phi) is 6.11. The molecule has 0 aromatic heterocycles. The Balaban J connectivity index is 1.79. The Bertz CT molecular complexity index is 626. The minimum absolute atomic E-state index is 0.000630. The molecule has 8 nitrogen and oxygen atoms in total. The predicted octanol–water partition coefficient (Wildman–Crippen LogP) is 2.03. The van der Waals surface area contributed by atoms with E-state index in [0.29, 0.717) is 12.5 Å². The first kappa shape index (κ1) is 17.7. The number of hydrogen-bond acceptors (Lipinski definition) is 6. The van der Waals surface area contributed by atoms with Crippen LogP contribution in [-0.4, -0.2) is 30.0 Å². The summed E-state index contributed by atoms with van der Waals surface area (Å²) in [5.41, 5.74) is 5.35. The number of benzene rings is 1. The number of carbonyl (C=O) groups excluding carboxylic acids is 2. The van der Waals surface area contributed by atoms with E-state index in [1.54, 1.807) is 0 Å². The standard InChI is InChI=1S/C16H21N3O5/c17-14-8-12(19(22)23)6-7-13(14)16(21)24-10-15(20)18-9-11-4-2-1-3-5-11/h6-8,11H,1-5,9-10,17H2,(H,18,20). The molecule has 1 fully saturated rings. The normalized spacial score (nSPS) is 14.8. The van der Waals surface area contributed by atoms with Crippen LogP contribution < -0.4 is 11.1 Å². The molecule has 0 radical (unpaired) electrons. The van der Waals surface area contributed by atoms with E-state index in [1.807, 2.05) is 0 Å². The van der Waals surface area contributed by atoms with E-state index in [0.717, 1.165) is 25.0 Å². The van der Waals surface area contributed by atoms with Crippen LogP contribution in [0.15, 0.2) is 18.2 Å². The van der Waals surface area contributed by atoms with Gasteiger partial charge < -0.3 is 15.8 Å². The largest absolute Gasteiger partial charge is 0.452 e. The lowest BCUT2D eigenvalue weighted by molar-refractivity contribution is -0.384. The lowest BCUT2D eigenvalue weighted by Gasteiger charge is -2.21. The maximum absolute atomic E-state index is 11.9. The molecule has 1 aliphatic carbocycles. The molecule has 0 unspecified atom stereocenters. The number of nitrogens with two attached hydrogens (primary N) is 1. The molecule has 1 aromatic rings. The third-order valence-electron chi connectivity index (χ3n) is 4.11. The molecule has 0 atom stereocenters. The van der Waals surface area contributed by atoms with Gasteiger partial charge in [-0.15, -0.1) is 0 Å². The van der Waals surface area contributed by atoms with Crippen molar-refractivity contribution in [2.45, 2.75) is 32.1 Å². The Morgan fingerprint density at radius 1 is 1.29 bits per heavy atom. The van der Waals surface area contributed by atoms with Crippen molar-refractivity contribution in [2.24, 2.45) is 5.92 Å². The summed E-state index contributed by atoms with van der Waals surface area (Å²) >= 11 is 0. The highest BCUT2D eigenvalue weighted by Gasteiger charge is 2.18. The molecule has 0 heterocycles. The number of nitrogens with one attached hydrogen (secondary N) is 1. The highest BCUT2D eigenvalue weighted by Crippen LogP contribution is 2.23. The molecule has 0 bridgehead atoms. The van der Waals surface area contributed by atoms with Gasteiger partial charge >= 0.3 is 5.97 Å². The zero-order valence-electron chi connectivity index (χ0n) is 13.3. The van der Waals surface area contributed by atoms with Gasteiger partial charge in [-0.05, 0) is 24.8 Å². The zero-order valence-corrected chi connectivity index (χ0v) is 13.3. The lowest BCUT2D eigenvalue weighted by atomic mass is 9.89. The van der Waals surface area contributed by atoms with Crippen molar-refractivity contribution in [3.63, 3.8) is 0 Å². The van der Waals surface area contributed by atoms with Gasteiger partial charge in [0.25, 0.3) is 11.6 Å². The Hall–Kier alpha value is -2.64. The first-order valence-electron chi connectivity index (χ1n) is 7.95. The number of ether oxygens (including phenoxy) is 1. The Morgan fingerprint density at radius 3 is 2.62 bits per heavy atom. The van der Waals surface area contributed by atoms with E-state index in [4.69, 9.17) is 10.5 Å². The number of anilines is 1. The van der Waals surface area contributed by atoms with Gasteiger partial charge in [-0.25, -0.2) is 4.79 Å². The summed E-state index contributed by atoms with van der Waals surface area (Å²) in [5, 5.41) is 13.4. The number of nitrogens with zero attached hydrogens (tertiary/aromatic N) is 1. The van der Waals surface area contributed by atoms with Crippen molar-refractivity contribution in [3.8, 4) is 0 Å². The fraction of sp³-hybridized carbons (Fsp3) is 0.500. The molecule has 2 rings (SSSR count). The smallest absolute Gasteiger partial charge is 0.340 e. The van der Waals surface area contributed by atoms with Gasteiger partial charge in [0.1, 0.15) is 0 Å². The third kappa shape index (κ3) is 4.94. The van der Waals surface area contributed by atoms with Gasteiger partial charge in [-0.1, -0.05) is 19.3 Å². The first-order valence-corrected chi connectivity index (χ1v) is 7.95. The van der Waals surface area contributed by atoms with E-state index in [2.05, 4.69) is 5.32 Å². The molecular formula is C16H21N3O5. The number of carbonyl (C=O) groups is 2. The van der Waals surface area contributed by atoms with Crippen LogP contribution in [0.25, 0.3) is 0 Å². The first-order chi connectivity index (χ1) is 11.5. The number of esters is 1. The molecule has 0 saturated heterocycles. The Morgan fingerprint density at radius 2 is 2.00 bits per heavy atom. The second-order valence-corrected chi connectivity index (χ2v) is 5.91. The fourth-order valence-corrected chi connectivity index (χ4v) is 2.76. The molecule has 1 aromatic carbocycles. The molecule has 24 heavy (non-hydrogen) atoms. The van der Waals surface area contributed by atoms with Gasteiger partial charge in [0.15, 0.2) is 6.61 Å². The minimum Gasteiger partial charge on any atom is -0.452 e. The van der Waals surface area contributed by atoms with Gasteiger partial charge in [0, 0.05) is 18.7 Å². The lowest BCUT2D eigenvalue weighted by Crippen LogP contribution is -2.33. The molecule has 3 N–H and O–H groups in total. The van der Waals surface area contributed by atoms with Crippen LogP contribution >= 0.6 is 0 Å². The summed E-state index contributed by atoms with van der Waals surface area (Å²) in [6.45, 7) is 0.192. The predicted molar refractivity (Wildman–Crippen MR) is 87.4 cm³/mol. The van der Waals surface area contributed by atoms with E-state index >= 15 is 0 Å². The summed E-state index contributed by atoms with van der Waals surface area (Å²) < 4.78 is 4.91. The highest BCUT2D eigenvalue weighted by molar-refractivity contribution is 5.96. The van der Waals surface area contributed by atoms with Crippen molar-refractivity contribution >= 4 is 23.3 Å². The highest BCUT2D eigenvalue weighted by atomic mass is 16.6. The quantitative estimate of drug-likeness (QED) is 0.355. The molecule has 0 aliphatic heterocycles. The number of nitro benzene ring substituents is 1. The second-order valence-electron chi connectivity index (χ2n) is 5.91. The maximum atomic E-state index is 11.9. The monoisotopic (exact) mass is 335 g/mol. The van der Waals surface area contributed by atoms with Crippen LogP contribution in [0.4, 0.5) is 11.4 Å². The molecule has 8 heteroatoms. The van der Waals surface area contributed by atoms with Gasteiger partial charge in [0.05, 0.1) is 16.2 Å². The molecule has 130 valence electrons. The van der Waals surface area contributed by atoms with Crippen molar-refractivity contribution < 1.29 is 19.2 Å². The molecule has 1 amide bonds. The van der Waals surface area contributed by atoms with Crippen LogP contribution in [0, 0.1) is 16.0 Å². The van der Waals surface area contributed by atoms with E-state index in [9.17, 15) is 19.7 Å². The average Bonchev–Trinajstić information content (AvgIpc) is 2.58. The van der Waals surface area contributed by atoms with Crippen LogP contribution in [0.2, 0.25) is 0 Å². The number of nitro groups is 1. The van der Waals surface area contributed by atoms with E-state index in [-0.39, 0.29) is 22.8 Å². The van der Waals surface area contributed by atoms with E-state index in [1.165, 1.54) is 25.3 Å². The average molecular weight is 335 g/mol. The molecular weight excluding hydrogens is 314 g/mol. The summed E-state index contributed by atoms with van der Waals surface area (Å²) in [6, 6.07) is 3.46. The molecule has 1 saturated carbocycles. The number of non-ortho nitro benzene ring substituents is 1. The number of nitrogen functional groups attached to an aromatic ring is 1. The van der Waals surface area contributed by atoms with E-state index < -0.39 is 17.5 Å². The van der Waals surface area contributed by atoms with Crippen molar-refractivity contribution in [3.05, 3.63) is 33.9 Å². The summed E-state index contributed by atoms with van der Waals surface area (Å²) in [6.07, 6.45) is 5.85. The van der Waals surface area contributed by atoms with Crippen LogP contribution in [0.3, 0.4) is 0 Å². The zero-order chi connectivity index (χ0) is 17.5. The van der Waals surface area contributed by atoms with Crippen LogP contribution in [-0.2, 0) is 9.53 Å². The second kappa shape index (κ2) is 8.28.